The molecule has 1 amide bonds. The highest BCUT2D eigenvalue weighted by molar-refractivity contribution is 5.79. The van der Waals surface area contributed by atoms with Gasteiger partial charge in [0.1, 0.15) is 35.4 Å². The summed E-state index contributed by atoms with van der Waals surface area (Å²) in [7, 11) is 3.06. The molecule has 2 aliphatic heterocycles. The summed E-state index contributed by atoms with van der Waals surface area (Å²) < 4.78 is 47.9. The molecule has 0 radical (unpaired) electrons. The van der Waals surface area contributed by atoms with Gasteiger partial charge in [0.25, 0.3) is 0 Å². The van der Waals surface area contributed by atoms with Gasteiger partial charge in [-0.3, -0.25) is 9.69 Å². The first-order valence-corrected chi connectivity index (χ1v) is 18.1. The molecule has 1 aromatic rings. The van der Waals surface area contributed by atoms with Crippen LogP contribution in [-0.2, 0) is 38.0 Å². The normalized spacial score (nSPS) is 26.2. The number of hydrogen-bond donors (Lipinski definition) is 0. The van der Waals surface area contributed by atoms with E-state index in [9.17, 15) is 14.4 Å². The van der Waals surface area contributed by atoms with Crippen LogP contribution in [0.2, 0.25) is 0 Å². The quantitative estimate of drug-likeness (QED) is 0.113. The SMILES string of the molecule is C=CC1O[C@@H](CC)C(C)(C)[C@H]([C@@H](OC(C)=O)/C(C)=C(\C)[C@H](C)OC(=O)[C@@H]2OC(c3ccc(OC)cc3OC)N(C(=O)OC(C)(C)C)[C@H]2CC(C)C)O1. The molecule has 2 fully saturated rings. The molecule has 0 N–H and O–H groups in total. The van der Waals surface area contributed by atoms with Crippen LogP contribution in [0.25, 0.3) is 0 Å². The van der Waals surface area contributed by atoms with Gasteiger partial charge in [-0.05, 0) is 89.7 Å². The van der Waals surface area contributed by atoms with Crippen molar-refractivity contribution in [3.63, 3.8) is 0 Å². The van der Waals surface area contributed by atoms with E-state index in [0.717, 1.165) is 0 Å². The molecule has 1 aromatic carbocycles. The van der Waals surface area contributed by atoms with Gasteiger partial charge in [-0.15, -0.1) is 0 Å². The number of benzene rings is 1. The molecule has 0 spiro atoms. The largest absolute Gasteiger partial charge is 0.497 e. The van der Waals surface area contributed by atoms with Crippen LogP contribution in [0.4, 0.5) is 4.79 Å². The van der Waals surface area contributed by atoms with E-state index in [0.29, 0.717) is 41.1 Å². The van der Waals surface area contributed by atoms with Crippen molar-refractivity contribution in [2.24, 2.45) is 11.3 Å². The topological polar surface area (TPSA) is 128 Å². The third-order valence-corrected chi connectivity index (χ3v) is 9.72. The van der Waals surface area contributed by atoms with E-state index in [-0.39, 0.29) is 12.0 Å². The summed E-state index contributed by atoms with van der Waals surface area (Å²) in [5.74, 6) is -0.0928. The lowest BCUT2D eigenvalue weighted by Gasteiger charge is -2.49. The Hall–Kier alpha value is -3.61. The molecule has 2 saturated heterocycles. The van der Waals surface area contributed by atoms with Crippen molar-refractivity contribution in [2.45, 2.75) is 151 Å². The van der Waals surface area contributed by atoms with E-state index < -0.39 is 72.0 Å². The summed E-state index contributed by atoms with van der Waals surface area (Å²) in [5.41, 5.74) is 0.495. The smallest absolute Gasteiger partial charge is 0.413 e. The molecule has 292 valence electrons. The Balaban J connectivity index is 2.04. The van der Waals surface area contributed by atoms with Crippen molar-refractivity contribution in [3.05, 3.63) is 47.6 Å². The zero-order chi connectivity index (χ0) is 39.3. The standard InChI is InChI=1S/C40H61NO11/c1-16-31-40(12,13)35(50-32(17-2)49-31)33(48-26(8)42)24(6)23(5)25(7)47-37(43)34-29(20-22(3)4)41(38(44)52-39(9,10)11)36(51-34)28-19-18-27(45-14)21-30(28)46-15/h17-19,21-22,25,29,31-36H,2,16,20H2,1,3-15H3/b24-23+/t25-,29-,31-,32?,33-,34+,35-,36?/m0/s1. The highest BCUT2D eigenvalue weighted by Gasteiger charge is 2.53. The minimum atomic E-state index is -1.16. The maximum atomic E-state index is 14.2. The third kappa shape index (κ3) is 9.87. The maximum absolute atomic E-state index is 14.2. The number of rotatable bonds is 13. The molecule has 52 heavy (non-hydrogen) atoms. The average molecular weight is 732 g/mol. The van der Waals surface area contributed by atoms with Crippen molar-refractivity contribution in [3.8, 4) is 11.5 Å². The molecule has 12 nitrogen and oxygen atoms in total. The van der Waals surface area contributed by atoms with E-state index in [1.807, 2.05) is 48.5 Å². The molecule has 0 bridgehead atoms. The Morgan fingerprint density at radius 1 is 0.981 bits per heavy atom. The number of methoxy groups -OCH3 is 2. The summed E-state index contributed by atoms with van der Waals surface area (Å²) in [6, 6.07) is 4.44. The van der Waals surface area contributed by atoms with Crippen molar-refractivity contribution in [2.75, 3.05) is 14.2 Å². The number of carbonyl (C=O) groups is 3. The average Bonchev–Trinajstić information content (AvgIpc) is 3.43. The zero-order valence-electron chi connectivity index (χ0n) is 33.6. The Morgan fingerprint density at radius 3 is 2.15 bits per heavy atom. The summed E-state index contributed by atoms with van der Waals surface area (Å²) in [5, 5.41) is 0. The van der Waals surface area contributed by atoms with Gasteiger partial charge < -0.3 is 37.9 Å². The van der Waals surface area contributed by atoms with Gasteiger partial charge in [-0.2, -0.15) is 0 Å². The number of ether oxygens (including phenoxy) is 8. The molecule has 8 atom stereocenters. The number of hydrogen-bond acceptors (Lipinski definition) is 11. The van der Waals surface area contributed by atoms with Crippen molar-refractivity contribution >= 4 is 18.0 Å². The van der Waals surface area contributed by atoms with Crippen LogP contribution in [0.15, 0.2) is 42.0 Å². The molecule has 3 rings (SSSR count). The lowest BCUT2D eigenvalue weighted by atomic mass is 9.74. The first-order chi connectivity index (χ1) is 24.2. The first kappa shape index (κ1) is 42.8. The van der Waals surface area contributed by atoms with Crippen LogP contribution in [0.1, 0.15) is 108 Å². The van der Waals surface area contributed by atoms with Crippen molar-refractivity contribution in [1.29, 1.82) is 0 Å². The molecular formula is C40H61NO11. The van der Waals surface area contributed by atoms with Crippen molar-refractivity contribution in [1.82, 2.24) is 4.90 Å². The van der Waals surface area contributed by atoms with Gasteiger partial charge >= 0.3 is 18.0 Å². The number of carbonyl (C=O) groups excluding carboxylic acids is 3. The predicted octanol–water partition coefficient (Wildman–Crippen LogP) is 7.69. The maximum Gasteiger partial charge on any atom is 0.413 e. The zero-order valence-corrected chi connectivity index (χ0v) is 33.6. The van der Waals surface area contributed by atoms with Crippen LogP contribution in [-0.4, -0.2) is 85.6 Å². The monoisotopic (exact) mass is 731 g/mol. The highest BCUT2D eigenvalue weighted by atomic mass is 16.7. The number of nitrogens with zero attached hydrogens (tertiary/aromatic N) is 1. The number of esters is 2. The van der Waals surface area contributed by atoms with E-state index in [4.69, 9.17) is 37.9 Å². The van der Waals surface area contributed by atoms with E-state index in [1.165, 1.54) is 18.9 Å². The third-order valence-electron chi connectivity index (χ3n) is 9.72. The fourth-order valence-electron chi connectivity index (χ4n) is 6.84. The lowest BCUT2D eigenvalue weighted by Crippen LogP contribution is -2.57. The van der Waals surface area contributed by atoms with Gasteiger partial charge in [0.2, 0.25) is 0 Å². The molecule has 0 aromatic heterocycles. The second kappa shape index (κ2) is 17.5. The lowest BCUT2D eigenvalue weighted by molar-refractivity contribution is -0.291. The molecule has 0 saturated carbocycles. The van der Waals surface area contributed by atoms with E-state index in [1.54, 1.807) is 59.1 Å². The van der Waals surface area contributed by atoms with Crippen LogP contribution >= 0.6 is 0 Å². The summed E-state index contributed by atoms with van der Waals surface area (Å²) in [6.07, 6.45) is -3.17. The second-order valence-corrected chi connectivity index (χ2v) is 15.6. The minimum absolute atomic E-state index is 0.0744. The Labute approximate surface area is 310 Å². The molecule has 0 aliphatic carbocycles. The Bertz CT molecular complexity index is 1460. The Morgan fingerprint density at radius 2 is 1.63 bits per heavy atom. The van der Waals surface area contributed by atoms with Crippen LogP contribution in [0.5, 0.6) is 11.5 Å². The van der Waals surface area contributed by atoms with Gasteiger partial charge in [-0.25, -0.2) is 9.59 Å². The molecule has 2 heterocycles. The van der Waals surface area contributed by atoms with E-state index >= 15 is 0 Å². The van der Waals surface area contributed by atoms with Crippen molar-refractivity contribution < 1.29 is 52.3 Å². The fraction of sp³-hybridized carbons (Fsp3) is 0.675. The summed E-state index contributed by atoms with van der Waals surface area (Å²) in [4.78, 5) is 42.1. The number of amides is 1. The summed E-state index contributed by atoms with van der Waals surface area (Å²) in [6.45, 7) is 26.0. The molecule has 12 heteroatoms. The minimum Gasteiger partial charge on any atom is -0.497 e. The van der Waals surface area contributed by atoms with Gasteiger partial charge in [0, 0.05) is 24.0 Å². The van der Waals surface area contributed by atoms with Gasteiger partial charge in [0.15, 0.2) is 18.6 Å². The summed E-state index contributed by atoms with van der Waals surface area (Å²) >= 11 is 0. The van der Waals surface area contributed by atoms with Gasteiger partial charge in [0.05, 0.1) is 26.4 Å². The molecule has 2 aliphatic rings. The fourth-order valence-corrected chi connectivity index (χ4v) is 6.84. The Kier molecular flexibility index (Phi) is 14.4. The molecule has 2 unspecified atom stereocenters. The second-order valence-electron chi connectivity index (χ2n) is 15.6. The van der Waals surface area contributed by atoms with Crippen LogP contribution in [0.3, 0.4) is 0 Å². The highest BCUT2D eigenvalue weighted by Crippen LogP contribution is 2.44. The molecular weight excluding hydrogens is 670 g/mol. The van der Waals surface area contributed by atoms with E-state index in [2.05, 4.69) is 6.58 Å². The van der Waals surface area contributed by atoms with Crippen LogP contribution < -0.4 is 9.47 Å². The van der Waals surface area contributed by atoms with Crippen LogP contribution in [0, 0.1) is 11.3 Å². The first-order valence-electron chi connectivity index (χ1n) is 18.1. The van der Waals surface area contributed by atoms with Gasteiger partial charge in [-0.1, -0.05) is 41.2 Å². The predicted molar refractivity (Wildman–Crippen MR) is 196 cm³/mol.